The van der Waals surface area contributed by atoms with Gasteiger partial charge in [-0.3, -0.25) is 10.1 Å². The molecule has 0 spiro atoms. The molecule has 0 unspecified atom stereocenters. The standard InChI is InChI=1S/C10H9N7O5/c1-15-9(12-10(14-15)17(21)22)13-11-5-6-4-7(16(19)20)2-3-8(6)18/h2-5,18H,1H3,(H,12,13,14)/b11-5+. The zero-order valence-electron chi connectivity index (χ0n) is 11.1. The Bertz CT molecular complexity index is 769. The zero-order valence-corrected chi connectivity index (χ0v) is 11.1. The maximum absolute atomic E-state index is 10.6. The lowest BCUT2D eigenvalue weighted by molar-refractivity contribution is -0.394. The van der Waals surface area contributed by atoms with E-state index in [2.05, 4.69) is 20.6 Å². The lowest BCUT2D eigenvalue weighted by Gasteiger charge is -1.98. The number of nitro groups is 2. The summed E-state index contributed by atoms with van der Waals surface area (Å²) < 4.78 is 1.10. The fourth-order valence-electron chi connectivity index (χ4n) is 1.46. The third-order valence-electron chi connectivity index (χ3n) is 2.51. The SMILES string of the molecule is Cn1nc([N+](=O)[O-])nc1N/N=C/c1cc([N+](=O)[O-])ccc1O. The maximum atomic E-state index is 10.6. The van der Waals surface area contributed by atoms with Gasteiger partial charge in [0.2, 0.25) is 0 Å². The van der Waals surface area contributed by atoms with E-state index in [1.807, 2.05) is 0 Å². The predicted octanol–water partition coefficient (Wildman–Crippen LogP) is 0.783. The number of aryl methyl sites for hydroxylation is 1. The topological polar surface area (TPSA) is 162 Å². The summed E-state index contributed by atoms with van der Waals surface area (Å²) in [5.41, 5.74) is 2.27. The van der Waals surface area contributed by atoms with Gasteiger partial charge < -0.3 is 15.2 Å². The molecule has 1 heterocycles. The van der Waals surface area contributed by atoms with Gasteiger partial charge in [-0.2, -0.15) is 9.78 Å². The van der Waals surface area contributed by atoms with Gasteiger partial charge in [0, 0.05) is 29.8 Å². The molecule has 1 aromatic carbocycles. The van der Waals surface area contributed by atoms with Crippen LogP contribution in [-0.4, -0.2) is 35.9 Å². The number of anilines is 1. The molecule has 22 heavy (non-hydrogen) atoms. The number of benzene rings is 1. The molecule has 114 valence electrons. The van der Waals surface area contributed by atoms with Gasteiger partial charge in [0.1, 0.15) is 5.75 Å². The number of phenolic OH excluding ortho intramolecular Hbond substituents is 1. The van der Waals surface area contributed by atoms with Crippen molar-refractivity contribution < 1.29 is 15.0 Å². The van der Waals surface area contributed by atoms with Crippen molar-refractivity contribution in [2.24, 2.45) is 12.1 Å². The molecule has 1 aromatic heterocycles. The number of aromatic hydroxyl groups is 1. The van der Waals surface area contributed by atoms with Gasteiger partial charge in [0.05, 0.1) is 11.1 Å². The number of nitrogens with zero attached hydrogens (tertiary/aromatic N) is 6. The van der Waals surface area contributed by atoms with Crippen molar-refractivity contribution >= 4 is 23.8 Å². The van der Waals surface area contributed by atoms with Crippen LogP contribution in [0.25, 0.3) is 0 Å². The van der Waals surface area contributed by atoms with Crippen LogP contribution >= 0.6 is 0 Å². The Balaban J connectivity index is 2.17. The van der Waals surface area contributed by atoms with Crippen molar-refractivity contribution in [2.45, 2.75) is 0 Å². The minimum atomic E-state index is -0.763. The van der Waals surface area contributed by atoms with Crippen LogP contribution in [0.15, 0.2) is 23.3 Å². The third kappa shape index (κ3) is 3.12. The number of non-ortho nitro benzene ring substituents is 1. The summed E-state index contributed by atoms with van der Waals surface area (Å²) in [5.74, 6) is -0.814. The average molecular weight is 307 g/mol. The number of hydrogen-bond donors (Lipinski definition) is 2. The largest absolute Gasteiger partial charge is 0.507 e. The van der Waals surface area contributed by atoms with E-state index in [9.17, 15) is 25.3 Å². The summed E-state index contributed by atoms with van der Waals surface area (Å²) >= 11 is 0. The van der Waals surface area contributed by atoms with Crippen molar-refractivity contribution in [1.29, 1.82) is 0 Å². The fraction of sp³-hybridized carbons (Fsp3) is 0.100. The summed E-state index contributed by atoms with van der Waals surface area (Å²) in [4.78, 5) is 23.3. The maximum Gasteiger partial charge on any atom is 0.493 e. The molecule has 2 aromatic rings. The predicted molar refractivity (Wildman–Crippen MR) is 73.6 cm³/mol. The monoisotopic (exact) mass is 307 g/mol. The summed E-state index contributed by atoms with van der Waals surface area (Å²) in [6.07, 6.45) is 1.11. The van der Waals surface area contributed by atoms with Crippen LogP contribution in [0.3, 0.4) is 0 Å². The summed E-state index contributed by atoms with van der Waals surface area (Å²) in [7, 11) is 1.42. The Morgan fingerprint density at radius 1 is 1.36 bits per heavy atom. The van der Waals surface area contributed by atoms with Crippen LogP contribution < -0.4 is 5.43 Å². The molecule has 0 fully saturated rings. The molecule has 0 saturated heterocycles. The molecule has 0 radical (unpaired) electrons. The highest BCUT2D eigenvalue weighted by molar-refractivity contribution is 5.84. The van der Waals surface area contributed by atoms with Gasteiger partial charge >= 0.3 is 11.9 Å². The van der Waals surface area contributed by atoms with E-state index >= 15 is 0 Å². The zero-order chi connectivity index (χ0) is 16.3. The molecule has 0 bridgehead atoms. The van der Waals surface area contributed by atoms with Crippen LogP contribution in [0, 0.1) is 20.2 Å². The number of phenols is 1. The molecule has 0 saturated carbocycles. The smallest absolute Gasteiger partial charge is 0.493 e. The number of hydrogen-bond acceptors (Lipinski definition) is 9. The third-order valence-corrected chi connectivity index (χ3v) is 2.51. The lowest BCUT2D eigenvalue weighted by atomic mass is 10.2. The fourth-order valence-corrected chi connectivity index (χ4v) is 1.46. The number of aromatic nitrogens is 3. The molecule has 0 aliphatic heterocycles. The molecule has 2 N–H and O–H groups in total. The second kappa shape index (κ2) is 5.82. The van der Waals surface area contributed by atoms with E-state index in [0.29, 0.717) is 0 Å². The quantitative estimate of drug-likeness (QED) is 0.465. The Kier molecular flexibility index (Phi) is 3.92. The highest BCUT2D eigenvalue weighted by Gasteiger charge is 2.18. The Morgan fingerprint density at radius 3 is 2.68 bits per heavy atom. The molecule has 2 rings (SSSR count). The second-order valence-corrected chi connectivity index (χ2v) is 3.99. The first-order valence-electron chi connectivity index (χ1n) is 5.70. The minimum Gasteiger partial charge on any atom is -0.507 e. The summed E-state index contributed by atoms with van der Waals surface area (Å²) in [5, 5.41) is 38.0. The first kappa shape index (κ1) is 14.8. The number of nitrogens with one attached hydrogen (secondary N) is 1. The van der Waals surface area contributed by atoms with Gasteiger partial charge in [0.25, 0.3) is 5.69 Å². The van der Waals surface area contributed by atoms with Crippen molar-refractivity contribution in [2.75, 3.05) is 5.43 Å². The van der Waals surface area contributed by atoms with E-state index in [0.717, 1.165) is 29.1 Å². The van der Waals surface area contributed by atoms with Crippen LogP contribution in [-0.2, 0) is 7.05 Å². The number of nitro benzene ring substituents is 1. The van der Waals surface area contributed by atoms with Crippen molar-refractivity contribution in [3.63, 3.8) is 0 Å². The number of rotatable bonds is 5. The molecule has 12 heteroatoms. The lowest BCUT2D eigenvalue weighted by Crippen LogP contribution is -2.00. The first-order valence-corrected chi connectivity index (χ1v) is 5.70. The van der Waals surface area contributed by atoms with E-state index in [1.54, 1.807) is 0 Å². The highest BCUT2D eigenvalue weighted by atomic mass is 16.6. The van der Waals surface area contributed by atoms with Crippen molar-refractivity contribution in [1.82, 2.24) is 14.8 Å². The van der Waals surface area contributed by atoms with Crippen LogP contribution in [0.2, 0.25) is 0 Å². The molecular formula is C10H9N7O5. The molecule has 0 atom stereocenters. The molecular weight excluding hydrogens is 298 g/mol. The average Bonchev–Trinajstić information content (AvgIpc) is 2.82. The minimum absolute atomic E-state index is 0.00660. The number of hydrazone groups is 1. The molecule has 0 aliphatic carbocycles. The second-order valence-electron chi connectivity index (χ2n) is 3.99. The Morgan fingerprint density at radius 2 is 2.09 bits per heavy atom. The van der Waals surface area contributed by atoms with Gasteiger partial charge in [-0.1, -0.05) is 0 Å². The van der Waals surface area contributed by atoms with Crippen LogP contribution in [0.5, 0.6) is 5.75 Å². The van der Waals surface area contributed by atoms with E-state index in [4.69, 9.17) is 0 Å². The van der Waals surface area contributed by atoms with E-state index < -0.39 is 15.8 Å². The Labute approximate surface area is 122 Å². The normalized spacial score (nSPS) is 10.8. The van der Waals surface area contributed by atoms with Gasteiger partial charge in [0.15, 0.2) is 0 Å². The van der Waals surface area contributed by atoms with Crippen LogP contribution in [0.4, 0.5) is 17.6 Å². The Hall–Kier alpha value is -3.57. The van der Waals surface area contributed by atoms with Crippen molar-refractivity contribution in [3.8, 4) is 5.75 Å². The van der Waals surface area contributed by atoms with Crippen molar-refractivity contribution in [3.05, 3.63) is 44.0 Å². The molecule has 12 nitrogen and oxygen atoms in total. The van der Waals surface area contributed by atoms with E-state index in [-0.39, 0.29) is 22.9 Å². The van der Waals surface area contributed by atoms with Gasteiger partial charge in [-0.15, -0.1) is 0 Å². The molecule has 0 aliphatic rings. The van der Waals surface area contributed by atoms with Gasteiger partial charge in [-0.25, -0.2) is 5.43 Å². The summed E-state index contributed by atoms with van der Waals surface area (Å²) in [6.45, 7) is 0. The van der Waals surface area contributed by atoms with Crippen LogP contribution in [0.1, 0.15) is 5.56 Å². The van der Waals surface area contributed by atoms with Gasteiger partial charge in [-0.05, 0) is 16.0 Å². The summed E-state index contributed by atoms with van der Waals surface area (Å²) in [6, 6.07) is 3.43. The highest BCUT2D eigenvalue weighted by Crippen LogP contribution is 2.21. The van der Waals surface area contributed by atoms with E-state index in [1.165, 1.54) is 7.05 Å². The first-order chi connectivity index (χ1) is 10.4. The molecule has 0 amide bonds.